The van der Waals surface area contributed by atoms with Gasteiger partial charge in [-0.2, -0.15) is 0 Å². The summed E-state index contributed by atoms with van der Waals surface area (Å²) < 4.78 is 27.2. The Morgan fingerprint density at radius 3 is 1.79 bits per heavy atom. The summed E-state index contributed by atoms with van der Waals surface area (Å²) >= 11 is 0. The van der Waals surface area contributed by atoms with Gasteiger partial charge in [-0.05, 0) is 35.2 Å². The normalized spacial score (nSPS) is 11.2. The average molecular weight is 394 g/mol. The number of rotatable bonds is 6. The van der Waals surface area contributed by atoms with Crippen LogP contribution in [0, 0.1) is 0 Å². The number of sulfonamides is 1. The molecule has 0 fully saturated rings. The molecule has 0 aliphatic carbocycles. The third-order valence-corrected chi connectivity index (χ3v) is 5.76. The van der Waals surface area contributed by atoms with Gasteiger partial charge in [0.05, 0.1) is 10.9 Å². The molecule has 3 aromatic rings. The van der Waals surface area contributed by atoms with Crippen LogP contribution >= 0.6 is 0 Å². The van der Waals surface area contributed by atoms with Gasteiger partial charge in [-0.15, -0.1) is 0 Å². The van der Waals surface area contributed by atoms with Crippen molar-refractivity contribution >= 4 is 16.1 Å². The van der Waals surface area contributed by atoms with Gasteiger partial charge in [0.25, 0.3) is 10.0 Å². The number of benzene rings is 3. The minimum Gasteiger partial charge on any atom is -0.326 e. The number of nitrogens with one attached hydrogen (secondary N) is 2. The molecule has 2 N–H and O–H groups in total. The average Bonchev–Trinajstić information content (AvgIpc) is 2.73. The van der Waals surface area contributed by atoms with Crippen LogP contribution in [0.25, 0.3) is 0 Å². The minimum absolute atomic E-state index is 0.0517. The zero-order chi connectivity index (χ0) is 20.0. The van der Waals surface area contributed by atoms with Gasteiger partial charge >= 0.3 is 6.03 Å². The number of carbonyl (C=O) groups is 1. The molecule has 2 amide bonds. The first-order valence-corrected chi connectivity index (χ1v) is 10.5. The van der Waals surface area contributed by atoms with Crippen LogP contribution in [0.3, 0.4) is 0 Å². The van der Waals surface area contributed by atoms with Gasteiger partial charge in [-0.25, -0.2) is 17.9 Å². The number of amides is 2. The zero-order valence-corrected chi connectivity index (χ0v) is 16.3. The summed E-state index contributed by atoms with van der Waals surface area (Å²) in [6.07, 6.45) is 0.810. The highest BCUT2D eigenvalue weighted by atomic mass is 32.2. The smallest absolute Gasteiger partial charge is 0.326 e. The highest BCUT2D eigenvalue weighted by Gasteiger charge is 2.21. The molecule has 0 atom stereocenters. The van der Waals surface area contributed by atoms with Gasteiger partial charge in [-0.3, -0.25) is 0 Å². The summed E-state index contributed by atoms with van der Waals surface area (Å²) in [6.45, 7) is 1.99. The van der Waals surface area contributed by atoms with Crippen molar-refractivity contribution in [2.45, 2.75) is 24.3 Å². The van der Waals surface area contributed by atoms with Crippen LogP contribution in [0.2, 0.25) is 0 Å². The summed E-state index contributed by atoms with van der Waals surface area (Å²) in [6, 6.07) is 24.0. The number of hydrogen-bond acceptors (Lipinski definition) is 3. The van der Waals surface area contributed by atoms with Gasteiger partial charge < -0.3 is 5.32 Å². The predicted molar refractivity (Wildman–Crippen MR) is 109 cm³/mol. The molecule has 0 bridgehead atoms. The second-order valence-corrected chi connectivity index (χ2v) is 8.01. The Balaban J connectivity index is 1.80. The monoisotopic (exact) mass is 394 g/mol. The molecule has 144 valence electrons. The van der Waals surface area contributed by atoms with Crippen LogP contribution in [-0.2, 0) is 16.4 Å². The second-order valence-electron chi connectivity index (χ2n) is 6.33. The SMILES string of the molecule is CCc1ccc(S(=O)(=O)NC(=O)NC(c2ccccc2)c2ccccc2)cc1. The topological polar surface area (TPSA) is 75.3 Å². The Bertz CT molecular complexity index is 979. The van der Waals surface area contributed by atoms with Crippen molar-refractivity contribution < 1.29 is 13.2 Å². The Hall–Kier alpha value is -3.12. The van der Waals surface area contributed by atoms with Crippen molar-refractivity contribution in [1.82, 2.24) is 10.0 Å². The molecule has 6 heteroatoms. The molecule has 3 rings (SSSR count). The van der Waals surface area contributed by atoms with Crippen molar-refractivity contribution in [3.05, 3.63) is 102 Å². The molecule has 0 saturated carbocycles. The molecule has 0 radical (unpaired) electrons. The fourth-order valence-electron chi connectivity index (χ4n) is 2.90. The van der Waals surface area contributed by atoms with Gasteiger partial charge in [0, 0.05) is 0 Å². The van der Waals surface area contributed by atoms with Crippen LogP contribution in [0.15, 0.2) is 89.8 Å². The summed E-state index contributed by atoms with van der Waals surface area (Å²) in [4.78, 5) is 12.6. The van der Waals surface area contributed by atoms with Crippen molar-refractivity contribution in [2.75, 3.05) is 0 Å². The van der Waals surface area contributed by atoms with Crippen LogP contribution in [0.1, 0.15) is 29.7 Å². The van der Waals surface area contributed by atoms with Crippen LogP contribution in [-0.4, -0.2) is 14.4 Å². The van der Waals surface area contributed by atoms with Crippen LogP contribution < -0.4 is 10.0 Å². The highest BCUT2D eigenvalue weighted by Crippen LogP contribution is 2.21. The Labute approximate surface area is 165 Å². The first-order valence-electron chi connectivity index (χ1n) is 9.02. The first kappa shape index (κ1) is 19.6. The van der Waals surface area contributed by atoms with Crippen molar-refractivity contribution in [2.24, 2.45) is 0 Å². The molecule has 0 aliphatic rings. The Morgan fingerprint density at radius 1 is 0.821 bits per heavy atom. The van der Waals surface area contributed by atoms with E-state index in [1.54, 1.807) is 12.1 Å². The molecule has 0 saturated heterocycles. The number of urea groups is 1. The molecule has 5 nitrogen and oxygen atoms in total. The third-order valence-electron chi connectivity index (χ3n) is 4.41. The van der Waals surface area contributed by atoms with E-state index in [1.165, 1.54) is 12.1 Å². The lowest BCUT2D eigenvalue weighted by Crippen LogP contribution is -2.41. The lowest BCUT2D eigenvalue weighted by atomic mass is 9.99. The molecule has 0 aromatic heterocycles. The fraction of sp³-hybridized carbons (Fsp3) is 0.136. The van der Waals surface area contributed by atoms with E-state index in [4.69, 9.17) is 0 Å². The van der Waals surface area contributed by atoms with E-state index in [0.29, 0.717) is 0 Å². The summed E-state index contributed by atoms with van der Waals surface area (Å²) in [5.74, 6) is 0. The molecule has 0 heterocycles. The fourth-order valence-corrected chi connectivity index (χ4v) is 3.81. The van der Waals surface area contributed by atoms with Gasteiger partial charge in [0.1, 0.15) is 0 Å². The summed E-state index contributed by atoms with van der Waals surface area (Å²) in [7, 11) is -3.96. The molecule has 3 aromatic carbocycles. The Kier molecular flexibility index (Phi) is 6.11. The van der Waals surface area contributed by atoms with Crippen molar-refractivity contribution in [3.63, 3.8) is 0 Å². The van der Waals surface area contributed by atoms with E-state index in [0.717, 1.165) is 23.1 Å². The lowest BCUT2D eigenvalue weighted by molar-refractivity contribution is 0.243. The maximum Gasteiger partial charge on any atom is 0.329 e. The van der Waals surface area contributed by atoms with E-state index in [1.807, 2.05) is 67.6 Å². The number of carbonyl (C=O) groups excluding carboxylic acids is 1. The van der Waals surface area contributed by atoms with Crippen molar-refractivity contribution in [1.29, 1.82) is 0 Å². The summed E-state index contributed by atoms with van der Waals surface area (Å²) in [5, 5.41) is 2.77. The quantitative estimate of drug-likeness (QED) is 0.663. The highest BCUT2D eigenvalue weighted by molar-refractivity contribution is 7.90. The molecule has 0 unspecified atom stereocenters. The van der Waals surface area contributed by atoms with Gasteiger partial charge in [-0.1, -0.05) is 79.7 Å². The molecule has 0 spiro atoms. The van der Waals surface area contributed by atoms with E-state index in [2.05, 4.69) is 10.0 Å². The molecular formula is C22H22N2O3S. The second kappa shape index (κ2) is 8.71. The number of aryl methyl sites for hydroxylation is 1. The maximum absolute atomic E-state index is 12.5. The Morgan fingerprint density at radius 2 is 1.32 bits per heavy atom. The van der Waals surface area contributed by atoms with E-state index in [9.17, 15) is 13.2 Å². The summed E-state index contributed by atoms with van der Waals surface area (Å²) in [5.41, 5.74) is 2.73. The largest absolute Gasteiger partial charge is 0.329 e. The third kappa shape index (κ3) is 4.78. The lowest BCUT2D eigenvalue weighted by Gasteiger charge is -2.20. The van der Waals surface area contributed by atoms with Crippen LogP contribution in [0.5, 0.6) is 0 Å². The van der Waals surface area contributed by atoms with Gasteiger partial charge in [0.15, 0.2) is 0 Å². The van der Waals surface area contributed by atoms with Crippen LogP contribution in [0.4, 0.5) is 4.79 Å². The standard InChI is InChI=1S/C22H22N2O3S/c1-2-17-13-15-20(16-14-17)28(26,27)24-22(25)23-21(18-9-5-3-6-10-18)19-11-7-4-8-12-19/h3-16,21H,2H2,1H3,(H2,23,24,25). The minimum atomic E-state index is -3.96. The molecule has 28 heavy (non-hydrogen) atoms. The van der Waals surface area contributed by atoms with E-state index >= 15 is 0 Å². The first-order chi connectivity index (χ1) is 13.5. The van der Waals surface area contributed by atoms with E-state index in [-0.39, 0.29) is 4.90 Å². The molecular weight excluding hydrogens is 372 g/mol. The maximum atomic E-state index is 12.5. The van der Waals surface area contributed by atoms with Gasteiger partial charge in [0.2, 0.25) is 0 Å². The zero-order valence-electron chi connectivity index (χ0n) is 15.5. The van der Waals surface area contributed by atoms with E-state index < -0.39 is 22.1 Å². The van der Waals surface area contributed by atoms with Crippen molar-refractivity contribution in [3.8, 4) is 0 Å². The number of hydrogen-bond donors (Lipinski definition) is 2. The predicted octanol–water partition coefficient (Wildman–Crippen LogP) is 4.03. The molecule has 0 aliphatic heterocycles.